The standard InChI is InChI=1S/C19H28N4O3/c1-26-12-17(24)23-10-8-13(9-11-23)16-7-6-15(18(20)22-16)19(25)21-14-4-2-3-5-14/h6-7,13-14H,2-5,8-12H2,1H3,(H2,20,22)(H,21,25). The van der Waals surface area contributed by atoms with Crippen LogP contribution in [-0.4, -0.2) is 54.5 Å². The second kappa shape index (κ2) is 8.49. The van der Waals surface area contributed by atoms with Crippen LogP contribution in [0.25, 0.3) is 0 Å². The fourth-order valence-corrected chi connectivity index (χ4v) is 3.88. The summed E-state index contributed by atoms with van der Waals surface area (Å²) in [5, 5.41) is 3.05. The zero-order valence-electron chi connectivity index (χ0n) is 15.4. The van der Waals surface area contributed by atoms with Crippen molar-refractivity contribution in [3.8, 4) is 0 Å². The van der Waals surface area contributed by atoms with Gasteiger partial charge >= 0.3 is 0 Å². The Bertz CT molecular complexity index is 650. The lowest BCUT2D eigenvalue weighted by atomic mass is 9.92. The number of nitrogen functional groups attached to an aromatic ring is 1. The minimum Gasteiger partial charge on any atom is -0.383 e. The quantitative estimate of drug-likeness (QED) is 0.833. The molecule has 7 nitrogen and oxygen atoms in total. The monoisotopic (exact) mass is 360 g/mol. The number of nitrogens with two attached hydrogens (primary N) is 1. The van der Waals surface area contributed by atoms with Crippen molar-refractivity contribution in [1.29, 1.82) is 0 Å². The molecule has 2 fully saturated rings. The molecule has 1 saturated heterocycles. The average Bonchev–Trinajstić information content (AvgIpc) is 3.15. The molecule has 0 bridgehead atoms. The Hall–Kier alpha value is -2.15. The van der Waals surface area contributed by atoms with E-state index in [1.807, 2.05) is 11.0 Å². The fourth-order valence-electron chi connectivity index (χ4n) is 3.88. The van der Waals surface area contributed by atoms with E-state index in [-0.39, 0.29) is 36.2 Å². The summed E-state index contributed by atoms with van der Waals surface area (Å²) in [5.41, 5.74) is 7.42. The Morgan fingerprint density at radius 2 is 1.92 bits per heavy atom. The summed E-state index contributed by atoms with van der Waals surface area (Å²) in [6.07, 6.45) is 6.10. The highest BCUT2D eigenvalue weighted by Crippen LogP contribution is 2.28. The first-order chi connectivity index (χ1) is 12.6. The van der Waals surface area contributed by atoms with E-state index in [1.165, 1.54) is 20.0 Å². The summed E-state index contributed by atoms with van der Waals surface area (Å²) in [4.78, 5) is 30.6. The number of amides is 2. The number of carbonyl (C=O) groups excluding carboxylic acids is 2. The zero-order chi connectivity index (χ0) is 18.5. The van der Waals surface area contributed by atoms with Crippen LogP contribution in [0.4, 0.5) is 5.82 Å². The first-order valence-corrected chi connectivity index (χ1v) is 9.42. The molecule has 142 valence electrons. The molecule has 7 heteroatoms. The molecule has 0 atom stereocenters. The lowest BCUT2D eigenvalue weighted by Crippen LogP contribution is -2.40. The molecule has 26 heavy (non-hydrogen) atoms. The van der Waals surface area contributed by atoms with Gasteiger partial charge in [-0.15, -0.1) is 0 Å². The lowest BCUT2D eigenvalue weighted by molar-refractivity contribution is -0.136. The zero-order valence-corrected chi connectivity index (χ0v) is 15.4. The largest absolute Gasteiger partial charge is 0.383 e. The van der Waals surface area contributed by atoms with Crippen LogP contribution >= 0.6 is 0 Å². The third-order valence-corrected chi connectivity index (χ3v) is 5.42. The SMILES string of the molecule is COCC(=O)N1CCC(c2ccc(C(=O)NC3CCCC3)c(N)n2)CC1. The van der Waals surface area contributed by atoms with Crippen LogP contribution in [0.2, 0.25) is 0 Å². The van der Waals surface area contributed by atoms with E-state index < -0.39 is 0 Å². The van der Waals surface area contributed by atoms with Gasteiger partial charge in [0.05, 0.1) is 5.56 Å². The number of aromatic nitrogens is 1. The minimum atomic E-state index is -0.131. The molecule has 1 aromatic rings. The molecule has 0 spiro atoms. The van der Waals surface area contributed by atoms with Gasteiger partial charge < -0.3 is 20.7 Å². The maximum absolute atomic E-state index is 12.4. The summed E-state index contributed by atoms with van der Waals surface area (Å²) >= 11 is 0. The van der Waals surface area contributed by atoms with Crippen molar-refractivity contribution in [2.24, 2.45) is 0 Å². The average molecular weight is 360 g/mol. The highest BCUT2D eigenvalue weighted by Gasteiger charge is 2.26. The summed E-state index contributed by atoms with van der Waals surface area (Å²) in [6, 6.07) is 3.94. The van der Waals surface area contributed by atoms with Gasteiger partial charge in [0.15, 0.2) is 0 Å². The minimum absolute atomic E-state index is 0.0253. The van der Waals surface area contributed by atoms with Crippen molar-refractivity contribution in [1.82, 2.24) is 15.2 Å². The highest BCUT2D eigenvalue weighted by molar-refractivity contribution is 5.98. The number of anilines is 1. The number of hydrogen-bond donors (Lipinski definition) is 2. The summed E-state index contributed by atoms with van der Waals surface area (Å²) in [7, 11) is 1.53. The van der Waals surface area contributed by atoms with Gasteiger partial charge in [-0.05, 0) is 37.8 Å². The van der Waals surface area contributed by atoms with Gasteiger partial charge in [-0.25, -0.2) is 4.98 Å². The summed E-state index contributed by atoms with van der Waals surface area (Å²) in [5.74, 6) is 0.442. The van der Waals surface area contributed by atoms with Crippen LogP contribution in [0.3, 0.4) is 0 Å². The molecule has 2 amide bonds. The molecule has 2 heterocycles. The van der Waals surface area contributed by atoms with Crippen LogP contribution in [-0.2, 0) is 9.53 Å². The molecule has 3 rings (SSSR count). The van der Waals surface area contributed by atoms with Crippen molar-refractivity contribution in [2.75, 3.05) is 32.5 Å². The van der Waals surface area contributed by atoms with Gasteiger partial charge in [-0.1, -0.05) is 12.8 Å². The molecule has 0 unspecified atom stereocenters. The van der Waals surface area contributed by atoms with Gasteiger partial charge in [-0.3, -0.25) is 9.59 Å². The van der Waals surface area contributed by atoms with Gasteiger partial charge in [-0.2, -0.15) is 0 Å². The fraction of sp³-hybridized carbons (Fsp3) is 0.632. The van der Waals surface area contributed by atoms with Crippen LogP contribution < -0.4 is 11.1 Å². The number of methoxy groups -OCH3 is 1. The Labute approximate surface area is 154 Å². The van der Waals surface area contributed by atoms with E-state index >= 15 is 0 Å². The molecule has 0 radical (unpaired) electrons. The van der Waals surface area contributed by atoms with Crippen LogP contribution in [0.15, 0.2) is 12.1 Å². The predicted octanol–water partition coefficient (Wildman–Crippen LogP) is 1.69. The van der Waals surface area contributed by atoms with Crippen LogP contribution in [0, 0.1) is 0 Å². The maximum atomic E-state index is 12.4. The van der Waals surface area contributed by atoms with Gasteiger partial charge in [0.1, 0.15) is 12.4 Å². The third kappa shape index (κ3) is 4.33. The second-order valence-corrected chi connectivity index (χ2v) is 7.21. The lowest BCUT2D eigenvalue weighted by Gasteiger charge is -2.31. The molecule has 2 aliphatic rings. The number of piperidine rings is 1. The highest BCUT2D eigenvalue weighted by atomic mass is 16.5. The number of ether oxygens (including phenoxy) is 1. The predicted molar refractivity (Wildman–Crippen MR) is 98.8 cm³/mol. The number of likely N-dealkylation sites (tertiary alicyclic amines) is 1. The number of nitrogens with zero attached hydrogens (tertiary/aromatic N) is 2. The molecule has 0 aromatic carbocycles. The van der Waals surface area contributed by atoms with Crippen molar-refractivity contribution >= 4 is 17.6 Å². The number of pyridine rings is 1. The topological polar surface area (TPSA) is 97.5 Å². The maximum Gasteiger partial charge on any atom is 0.255 e. The van der Waals surface area contributed by atoms with Crippen molar-refractivity contribution < 1.29 is 14.3 Å². The van der Waals surface area contributed by atoms with Crippen LogP contribution in [0.1, 0.15) is 60.5 Å². The van der Waals surface area contributed by atoms with Gasteiger partial charge in [0.2, 0.25) is 5.91 Å². The van der Waals surface area contributed by atoms with Crippen molar-refractivity contribution in [2.45, 2.75) is 50.5 Å². The van der Waals surface area contributed by atoms with Crippen molar-refractivity contribution in [3.63, 3.8) is 0 Å². The Balaban J connectivity index is 1.59. The van der Waals surface area contributed by atoms with E-state index in [1.54, 1.807) is 6.07 Å². The number of nitrogens with one attached hydrogen (secondary N) is 1. The third-order valence-electron chi connectivity index (χ3n) is 5.42. The van der Waals surface area contributed by atoms with E-state index in [0.29, 0.717) is 18.7 Å². The van der Waals surface area contributed by atoms with E-state index in [0.717, 1.165) is 31.4 Å². The van der Waals surface area contributed by atoms with Crippen LogP contribution in [0.5, 0.6) is 0 Å². The number of rotatable bonds is 5. The van der Waals surface area contributed by atoms with Crippen molar-refractivity contribution in [3.05, 3.63) is 23.4 Å². The molecular weight excluding hydrogens is 332 g/mol. The normalized spacial score (nSPS) is 18.9. The summed E-state index contributed by atoms with van der Waals surface area (Å²) < 4.78 is 4.91. The molecule has 3 N–H and O–H groups in total. The smallest absolute Gasteiger partial charge is 0.255 e. The van der Waals surface area contributed by atoms with E-state index in [9.17, 15) is 9.59 Å². The molecule has 1 saturated carbocycles. The summed E-state index contributed by atoms with van der Waals surface area (Å²) in [6.45, 7) is 1.51. The van der Waals surface area contributed by atoms with Gasteiger partial charge in [0, 0.05) is 37.9 Å². The number of carbonyl (C=O) groups is 2. The van der Waals surface area contributed by atoms with E-state index in [4.69, 9.17) is 10.5 Å². The van der Waals surface area contributed by atoms with E-state index in [2.05, 4.69) is 10.3 Å². The Kier molecular flexibility index (Phi) is 6.08. The number of hydrogen-bond acceptors (Lipinski definition) is 5. The second-order valence-electron chi connectivity index (χ2n) is 7.21. The molecular formula is C19H28N4O3. The Morgan fingerprint density at radius 3 is 2.54 bits per heavy atom. The first kappa shape index (κ1) is 18.6. The molecule has 1 aliphatic carbocycles. The van der Waals surface area contributed by atoms with Gasteiger partial charge in [0.25, 0.3) is 5.91 Å². The Morgan fingerprint density at radius 1 is 1.23 bits per heavy atom. The molecule has 1 aromatic heterocycles. The first-order valence-electron chi connectivity index (χ1n) is 9.42. The molecule has 1 aliphatic heterocycles.